The van der Waals surface area contributed by atoms with Crippen LogP contribution in [0.3, 0.4) is 0 Å². The number of alkyl halides is 3. The minimum absolute atomic E-state index is 0.220. The number of rotatable bonds is 4. The molecule has 0 bridgehead atoms. The van der Waals surface area contributed by atoms with Gasteiger partial charge in [-0.1, -0.05) is 30.3 Å². The second kappa shape index (κ2) is 6.47. The van der Waals surface area contributed by atoms with Crippen molar-refractivity contribution in [3.63, 3.8) is 0 Å². The molecule has 1 aromatic rings. The number of hydrogen-bond acceptors (Lipinski definition) is 4. The summed E-state index contributed by atoms with van der Waals surface area (Å²) in [5.74, 6) is -1.63. The molecule has 1 rings (SSSR count). The van der Waals surface area contributed by atoms with Crippen LogP contribution in [0, 0.1) is 0 Å². The molecule has 0 saturated heterocycles. The number of esters is 1. The summed E-state index contributed by atoms with van der Waals surface area (Å²) in [6.07, 6.45) is -6.39. The second-order valence-corrected chi connectivity index (χ2v) is 4.30. The molecule has 0 fully saturated rings. The van der Waals surface area contributed by atoms with E-state index in [-0.39, 0.29) is 6.61 Å². The summed E-state index contributed by atoms with van der Waals surface area (Å²) >= 11 is 0. The normalized spacial score (nSPS) is 14.0. The molecule has 0 aliphatic carbocycles. The maximum atomic E-state index is 12.9. The van der Waals surface area contributed by atoms with Crippen molar-refractivity contribution in [1.29, 1.82) is 0 Å². The minimum atomic E-state index is -5.02. The summed E-state index contributed by atoms with van der Waals surface area (Å²) in [4.78, 5) is 22.7. The lowest BCUT2D eigenvalue weighted by atomic mass is 10.0. The van der Waals surface area contributed by atoms with Crippen molar-refractivity contribution < 1.29 is 32.2 Å². The molecule has 1 N–H and O–H groups in total. The molecule has 0 heterocycles. The molecule has 21 heavy (non-hydrogen) atoms. The van der Waals surface area contributed by atoms with Gasteiger partial charge >= 0.3 is 18.2 Å². The Labute approximate surface area is 119 Å². The van der Waals surface area contributed by atoms with E-state index in [0.29, 0.717) is 12.5 Å². The summed E-state index contributed by atoms with van der Waals surface area (Å²) in [7, 11) is 0.795. The van der Waals surface area contributed by atoms with Crippen LogP contribution in [-0.4, -0.2) is 30.9 Å². The Morgan fingerprint density at radius 1 is 1.19 bits per heavy atom. The zero-order chi connectivity index (χ0) is 16.1. The van der Waals surface area contributed by atoms with Gasteiger partial charge in [0.05, 0.1) is 7.11 Å². The fourth-order valence-corrected chi connectivity index (χ4v) is 1.41. The van der Waals surface area contributed by atoms with Crippen LogP contribution in [0.1, 0.15) is 12.5 Å². The van der Waals surface area contributed by atoms with Gasteiger partial charge in [0, 0.05) is 0 Å². The van der Waals surface area contributed by atoms with E-state index in [4.69, 9.17) is 0 Å². The van der Waals surface area contributed by atoms with E-state index >= 15 is 0 Å². The number of carbonyl (C=O) groups is 2. The van der Waals surface area contributed by atoms with Crippen molar-refractivity contribution in [2.75, 3.05) is 7.11 Å². The molecular formula is C13H14F3NO4. The smallest absolute Gasteiger partial charge is 0.422 e. The average molecular weight is 305 g/mol. The van der Waals surface area contributed by atoms with E-state index in [0.717, 1.165) is 7.11 Å². The monoisotopic (exact) mass is 305 g/mol. The van der Waals surface area contributed by atoms with Gasteiger partial charge in [0.25, 0.3) is 0 Å². The Bertz CT molecular complexity index is 504. The summed E-state index contributed by atoms with van der Waals surface area (Å²) in [5.41, 5.74) is -2.57. The zero-order valence-electron chi connectivity index (χ0n) is 11.4. The Balaban J connectivity index is 2.72. The highest BCUT2D eigenvalue weighted by Crippen LogP contribution is 2.31. The molecule has 0 saturated carbocycles. The molecule has 1 unspecified atom stereocenters. The lowest BCUT2D eigenvalue weighted by Crippen LogP contribution is -2.62. The molecule has 0 radical (unpaired) electrons. The van der Waals surface area contributed by atoms with Crippen molar-refractivity contribution in [3.05, 3.63) is 35.9 Å². The number of amides is 1. The molecular weight excluding hydrogens is 291 g/mol. The Morgan fingerprint density at radius 2 is 1.76 bits per heavy atom. The summed E-state index contributed by atoms with van der Waals surface area (Å²) in [6, 6.07) is 8.38. The van der Waals surface area contributed by atoms with Gasteiger partial charge in [0.1, 0.15) is 6.61 Å². The van der Waals surface area contributed by atoms with Gasteiger partial charge in [-0.3, -0.25) is 5.32 Å². The quantitative estimate of drug-likeness (QED) is 0.868. The van der Waals surface area contributed by atoms with Gasteiger partial charge in [0.2, 0.25) is 5.54 Å². The van der Waals surface area contributed by atoms with E-state index in [1.165, 1.54) is 5.32 Å². The van der Waals surface area contributed by atoms with Crippen molar-refractivity contribution in [2.24, 2.45) is 0 Å². The van der Waals surface area contributed by atoms with Crippen LogP contribution in [0.4, 0.5) is 18.0 Å². The summed E-state index contributed by atoms with van der Waals surface area (Å²) in [6.45, 7) is 0.282. The molecule has 1 aromatic carbocycles. The number of methoxy groups -OCH3 is 1. The third-order valence-corrected chi connectivity index (χ3v) is 2.73. The van der Waals surface area contributed by atoms with Crippen LogP contribution >= 0.6 is 0 Å². The number of carbonyl (C=O) groups excluding carboxylic acids is 2. The Morgan fingerprint density at radius 3 is 2.24 bits per heavy atom. The van der Waals surface area contributed by atoms with Gasteiger partial charge in [-0.25, -0.2) is 9.59 Å². The van der Waals surface area contributed by atoms with E-state index in [9.17, 15) is 22.8 Å². The molecule has 1 atom stereocenters. The van der Waals surface area contributed by atoms with Gasteiger partial charge in [-0.15, -0.1) is 0 Å². The molecule has 5 nitrogen and oxygen atoms in total. The molecule has 0 aliphatic heterocycles. The van der Waals surface area contributed by atoms with Crippen molar-refractivity contribution in [2.45, 2.75) is 25.2 Å². The van der Waals surface area contributed by atoms with Crippen molar-refractivity contribution >= 4 is 12.1 Å². The molecule has 116 valence electrons. The van der Waals surface area contributed by atoms with Crippen LogP contribution in [0.5, 0.6) is 0 Å². The first kappa shape index (κ1) is 16.8. The predicted molar refractivity (Wildman–Crippen MR) is 66.2 cm³/mol. The highest BCUT2D eigenvalue weighted by atomic mass is 19.4. The molecule has 0 aromatic heterocycles. The number of halogens is 3. The molecule has 0 aliphatic rings. The third kappa shape index (κ3) is 4.11. The number of nitrogens with one attached hydrogen (secondary N) is 1. The highest BCUT2D eigenvalue weighted by molar-refractivity contribution is 5.86. The minimum Gasteiger partial charge on any atom is -0.467 e. The number of alkyl carbamates (subject to hydrolysis) is 1. The van der Waals surface area contributed by atoms with Gasteiger partial charge < -0.3 is 9.47 Å². The van der Waals surface area contributed by atoms with Crippen molar-refractivity contribution in [1.82, 2.24) is 5.32 Å². The van der Waals surface area contributed by atoms with E-state index in [1.54, 1.807) is 30.3 Å². The largest absolute Gasteiger partial charge is 0.467 e. The van der Waals surface area contributed by atoms with Crippen molar-refractivity contribution in [3.8, 4) is 0 Å². The second-order valence-electron chi connectivity index (χ2n) is 4.30. The summed E-state index contributed by atoms with van der Waals surface area (Å²) < 4.78 is 47.4. The number of benzene rings is 1. The third-order valence-electron chi connectivity index (χ3n) is 2.73. The van der Waals surface area contributed by atoms with Crippen LogP contribution < -0.4 is 5.32 Å². The zero-order valence-corrected chi connectivity index (χ0v) is 11.4. The standard InChI is InChI=1S/C13H14F3NO4/c1-12(10(18)20-2,13(14,15)16)17-11(19)21-8-9-6-4-3-5-7-9/h3-7H,8H2,1-2H3,(H,17,19). The van der Waals surface area contributed by atoms with E-state index in [2.05, 4.69) is 9.47 Å². The van der Waals surface area contributed by atoms with E-state index in [1.807, 2.05) is 0 Å². The maximum Gasteiger partial charge on any atom is 0.422 e. The topological polar surface area (TPSA) is 64.6 Å². The van der Waals surface area contributed by atoms with Crippen LogP contribution in [0.25, 0.3) is 0 Å². The number of hydrogen-bond donors (Lipinski definition) is 1. The molecule has 1 amide bonds. The maximum absolute atomic E-state index is 12.9. The lowest BCUT2D eigenvalue weighted by Gasteiger charge is -2.29. The van der Waals surface area contributed by atoms with Gasteiger partial charge in [0.15, 0.2) is 0 Å². The van der Waals surface area contributed by atoms with Gasteiger partial charge in [-0.05, 0) is 12.5 Å². The fourth-order valence-electron chi connectivity index (χ4n) is 1.41. The van der Waals surface area contributed by atoms with Crippen LogP contribution in [-0.2, 0) is 20.9 Å². The molecule has 8 heteroatoms. The van der Waals surface area contributed by atoms with E-state index < -0.39 is 23.8 Å². The highest BCUT2D eigenvalue weighted by Gasteiger charge is 2.59. The van der Waals surface area contributed by atoms with Crippen LogP contribution in [0.15, 0.2) is 30.3 Å². The lowest BCUT2D eigenvalue weighted by molar-refractivity contribution is -0.206. The first-order valence-electron chi connectivity index (χ1n) is 5.84. The first-order valence-corrected chi connectivity index (χ1v) is 5.84. The number of ether oxygens (including phenoxy) is 2. The average Bonchev–Trinajstić information content (AvgIpc) is 2.44. The molecule has 0 spiro atoms. The first-order chi connectivity index (χ1) is 9.70. The predicted octanol–water partition coefficient (Wildman–Crippen LogP) is 2.41. The van der Waals surface area contributed by atoms with Gasteiger partial charge in [-0.2, -0.15) is 13.2 Å². The Kier molecular flexibility index (Phi) is 5.17. The fraction of sp³-hybridized carbons (Fsp3) is 0.385. The Hall–Kier alpha value is -2.25. The summed E-state index contributed by atoms with van der Waals surface area (Å²) in [5, 5.41) is 1.49. The van der Waals surface area contributed by atoms with Crippen LogP contribution in [0.2, 0.25) is 0 Å². The SMILES string of the molecule is COC(=O)C(C)(NC(=O)OCc1ccccc1)C(F)(F)F.